The minimum Gasteiger partial charge on any atom is -0.396 e. The standard InChI is InChI=1S/C23H24N4O2S/c24-21-18(8-4-9-19(21)27-23(28)16-11-13-26-14-12-16)22(25)30(29)20-10-3-6-15-5-1-2-7-17(15)20/h1-10,16,25-26H,11-14,24H2,(H,27,28). The van der Waals surface area contributed by atoms with Gasteiger partial charge in [0.25, 0.3) is 0 Å². The van der Waals surface area contributed by atoms with Gasteiger partial charge in [-0.15, -0.1) is 0 Å². The van der Waals surface area contributed by atoms with Crippen molar-refractivity contribution in [1.82, 2.24) is 5.32 Å². The molecule has 0 aliphatic carbocycles. The Labute approximate surface area is 177 Å². The molecule has 5 N–H and O–H groups in total. The van der Waals surface area contributed by atoms with Gasteiger partial charge in [0.2, 0.25) is 5.91 Å². The molecule has 1 aliphatic rings. The van der Waals surface area contributed by atoms with E-state index >= 15 is 0 Å². The van der Waals surface area contributed by atoms with Crippen molar-refractivity contribution in [2.24, 2.45) is 5.92 Å². The number of nitrogens with two attached hydrogens (primary N) is 1. The SMILES string of the molecule is N=C(c1cccc(NC(=O)C2CCNCC2)c1N)S(=O)c1cccc2ccccc12. The molecule has 4 rings (SSSR count). The molecule has 1 aliphatic heterocycles. The van der Waals surface area contributed by atoms with Crippen molar-refractivity contribution in [3.05, 3.63) is 66.2 Å². The van der Waals surface area contributed by atoms with Crippen LogP contribution < -0.4 is 16.4 Å². The van der Waals surface area contributed by atoms with E-state index in [1.54, 1.807) is 24.3 Å². The molecule has 0 bridgehead atoms. The smallest absolute Gasteiger partial charge is 0.227 e. The Morgan fingerprint density at radius 1 is 1.03 bits per heavy atom. The van der Waals surface area contributed by atoms with Crippen molar-refractivity contribution in [2.45, 2.75) is 17.7 Å². The van der Waals surface area contributed by atoms with Crippen molar-refractivity contribution in [3.63, 3.8) is 0 Å². The lowest BCUT2D eigenvalue weighted by Crippen LogP contribution is -2.34. The van der Waals surface area contributed by atoms with Crippen LogP contribution in [0.4, 0.5) is 11.4 Å². The maximum absolute atomic E-state index is 13.2. The van der Waals surface area contributed by atoms with Gasteiger partial charge >= 0.3 is 0 Å². The van der Waals surface area contributed by atoms with Crippen molar-refractivity contribution in [2.75, 3.05) is 24.1 Å². The summed E-state index contributed by atoms with van der Waals surface area (Å²) in [6.45, 7) is 1.64. The van der Waals surface area contributed by atoms with Crippen LogP contribution in [0.25, 0.3) is 10.8 Å². The second-order valence-electron chi connectivity index (χ2n) is 7.36. The molecule has 1 atom stereocenters. The fourth-order valence-corrected chi connectivity index (χ4v) is 4.94. The zero-order chi connectivity index (χ0) is 21.1. The maximum atomic E-state index is 13.2. The molecular formula is C23H24N4O2S. The minimum atomic E-state index is -1.71. The Bertz CT molecular complexity index is 1130. The van der Waals surface area contributed by atoms with E-state index in [1.165, 1.54) is 0 Å². The van der Waals surface area contributed by atoms with E-state index in [-0.39, 0.29) is 22.6 Å². The van der Waals surface area contributed by atoms with E-state index in [0.717, 1.165) is 36.7 Å². The van der Waals surface area contributed by atoms with E-state index in [9.17, 15) is 9.00 Å². The highest BCUT2D eigenvalue weighted by Crippen LogP contribution is 2.28. The van der Waals surface area contributed by atoms with Crippen molar-refractivity contribution < 1.29 is 9.00 Å². The predicted molar refractivity (Wildman–Crippen MR) is 122 cm³/mol. The average molecular weight is 421 g/mol. The number of nitrogen functional groups attached to an aromatic ring is 1. The van der Waals surface area contributed by atoms with Crippen LogP contribution in [0.2, 0.25) is 0 Å². The first kappa shape index (κ1) is 20.3. The molecule has 7 heteroatoms. The molecule has 3 aromatic carbocycles. The minimum absolute atomic E-state index is 0.0569. The van der Waals surface area contributed by atoms with Gasteiger partial charge in [-0.2, -0.15) is 0 Å². The quantitative estimate of drug-likeness (QED) is 0.294. The largest absolute Gasteiger partial charge is 0.396 e. The predicted octanol–water partition coefficient (Wildman–Crippen LogP) is 3.49. The van der Waals surface area contributed by atoms with E-state index < -0.39 is 10.8 Å². The normalized spacial score (nSPS) is 15.6. The summed E-state index contributed by atoms with van der Waals surface area (Å²) >= 11 is 0. The first-order chi connectivity index (χ1) is 14.6. The molecule has 6 nitrogen and oxygen atoms in total. The average Bonchev–Trinajstić information content (AvgIpc) is 2.79. The highest BCUT2D eigenvalue weighted by atomic mass is 32.2. The number of rotatable bonds is 4. The fraction of sp³-hybridized carbons (Fsp3) is 0.217. The highest BCUT2D eigenvalue weighted by molar-refractivity contribution is 8.01. The number of para-hydroxylation sites is 1. The number of fused-ring (bicyclic) bond motifs is 1. The van der Waals surface area contributed by atoms with Crippen LogP contribution in [0, 0.1) is 11.3 Å². The summed E-state index contributed by atoms with van der Waals surface area (Å²) in [6.07, 6.45) is 1.57. The summed E-state index contributed by atoms with van der Waals surface area (Å²) in [4.78, 5) is 13.2. The number of hydrogen-bond acceptors (Lipinski definition) is 5. The van der Waals surface area contributed by atoms with Crippen molar-refractivity contribution >= 4 is 43.9 Å². The summed E-state index contributed by atoms with van der Waals surface area (Å²) in [5.41, 5.74) is 7.37. The summed E-state index contributed by atoms with van der Waals surface area (Å²) in [6, 6.07) is 18.3. The monoisotopic (exact) mass is 420 g/mol. The third-order valence-electron chi connectivity index (χ3n) is 5.45. The lowest BCUT2D eigenvalue weighted by molar-refractivity contribution is -0.120. The number of anilines is 2. The molecule has 1 unspecified atom stereocenters. The van der Waals surface area contributed by atoms with Gasteiger partial charge in [0, 0.05) is 11.5 Å². The number of carbonyl (C=O) groups excluding carboxylic acids is 1. The second-order valence-corrected chi connectivity index (χ2v) is 8.74. The van der Waals surface area contributed by atoms with E-state index in [2.05, 4.69) is 10.6 Å². The first-order valence-corrected chi connectivity index (χ1v) is 11.1. The molecule has 1 heterocycles. The molecule has 1 fully saturated rings. The van der Waals surface area contributed by atoms with Crippen LogP contribution in [-0.2, 0) is 15.6 Å². The lowest BCUT2D eigenvalue weighted by atomic mass is 9.97. The maximum Gasteiger partial charge on any atom is 0.227 e. The highest BCUT2D eigenvalue weighted by Gasteiger charge is 2.23. The number of amides is 1. The number of benzene rings is 3. The molecule has 0 spiro atoms. The summed E-state index contributed by atoms with van der Waals surface area (Å²) < 4.78 is 13.2. The zero-order valence-electron chi connectivity index (χ0n) is 16.5. The van der Waals surface area contributed by atoms with Gasteiger partial charge in [-0.1, -0.05) is 42.5 Å². The van der Waals surface area contributed by atoms with Crippen LogP contribution in [0.15, 0.2) is 65.6 Å². The Hall–Kier alpha value is -3.03. The zero-order valence-corrected chi connectivity index (χ0v) is 17.3. The van der Waals surface area contributed by atoms with Gasteiger partial charge in [0.05, 0.1) is 16.3 Å². The molecule has 30 heavy (non-hydrogen) atoms. The molecule has 1 amide bonds. The fourth-order valence-electron chi connectivity index (χ4n) is 3.76. The first-order valence-electron chi connectivity index (χ1n) is 9.95. The lowest BCUT2D eigenvalue weighted by Gasteiger charge is -2.22. The van der Waals surface area contributed by atoms with Gasteiger partial charge in [0.1, 0.15) is 15.8 Å². The molecule has 1 saturated heterocycles. The van der Waals surface area contributed by atoms with E-state index in [0.29, 0.717) is 16.1 Å². The number of hydrogen-bond donors (Lipinski definition) is 4. The Balaban J connectivity index is 1.60. The van der Waals surface area contributed by atoms with Gasteiger partial charge in [0.15, 0.2) is 0 Å². The molecule has 0 saturated carbocycles. The van der Waals surface area contributed by atoms with Crippen LogP contribution in [0.5, 0.6) is 0 Å². The van der Waals surface area contributed by atoms with E-state index in [4.69, 9.17) is 11.1 Å². The van der Waals surface area contributed by atoms with Crippen molar-refractivity contribution in [3.8, 4) is 0 Å². The van der Waals surface area contributed by atoms with Gasteiger partial charge in [-0.3, -0.25) is 10.2 Å². The Morgan fingerprint density at radius 2 is 1.73 bits per heavy atom. The van der Waals surface area contributed by atoms with Gasteiger partial charge < -0.3 is 16.4 Å². The molecule has 0 radical (unpaired) electrons. The van der Waals surface area contributed by atoms with Crippen LogP contribution in [0.1, 0.15) is 18.4 Å². The van der Waals surface area contributed by atoms with Crippen LogP contribution in [-0.4, -0.2) is 28.2 Å². The summed E-state index contributed by atoms with van der Waals surface area (Å²) in [5, 5.41) is 16.4. The number of piperidine rings is 1. The molecule has 154 valence electrons. The number of nitrogens with one attached hydrogen (secondary N) is 3. The third kappa shape index (κ3) is 3.99. The second kappa shape index (κ2) is 8.77. The topological polar surface area (TPSA) is 108 Å². The van der Waals surface area contributed by atoms with Crippen LogP contribution >= 0.6 is 0 Å². The molecule has 0 aromatic heterocycles. The van der Waals surface area contributed by atoms with Gasteiger partial charge in [-0.05, 0) is 54.9 Å². The molecule has 3 aromatic rings. The summed E-state index contributed by atoms with van der Waals surface area (Å²) in [7, 11) is -1.71. The molecular weight excluding hydrogens is 396 g/mol. The number of carbonyl (C=O) groups is 1. The van der Waals surface area contributed by atoms with Crippen LogP contribution in [0.3, 0.4) is 0 Å². The Kier molecular flexibility index (Phi) is 5.92. The van der Waals surface area contributed by atoms with E-state index in [1.807, 2.05) is 36.4 Å². The summed E-state index contributed by atoms with van der Waals surface area (Å²) in [5.74, 6) is -0.124. The van der Waals surface area contributed by atoms with Crippen molar-refractivity contribution in [1.29, 1.82) is 5.41 Å². The third-order valence-corrected chi connectivity index (χ3v) is 6.80. The van der Waals surface area contributed by atoms with Gasteiger partial charge in [-0.25, -0.2) is 4.21 Å². The Morgan fingerprint density at radius 3 is 2.53 bits per heavy atom.